The predicted molar refractivity (Wildman–Crippen MR) is 83.4 cm³/mol. The van der Waals surface area contributed by atoms with E-state index in [0.29, 0.717) is 23.0 Å². The molecule has 0 fully saturated rings. The van der Waals surface area contributed by atoms with Gasteiger partial charge in [-0.2, -0.15) is 0 Å². The highest BCUT2D eigenvalue weighted by atomic mass is 35.5. The van der Waals surface area contributed by atoms with E-state index >= 15 is 0 Å². The highest BCUT2D eigenvalue weighted by molar-refractivity contribution is 6.47. The molecule has 0 spiro atoms. The number of hydroxylamine groups is 1. The van der Waals surface area contributed by atoms with Gasteiger partial charge < -0.3 is 5.21 Å². The lowest BCUT2D eigenvalue weighted by molar-refractivity contribution is 0.235. The quantitative estimate of drug-likeness (QED) is 0.339. The lowest BCUT2D eigenvalue weighted by atomic mass is 10.1. The summed E-state index contributed by atoms with van der Waals surface area (Å²) in [5, 5.41) is 22.1. The first-order valence-electron chi connectivity index (χ1n) is 6.52. The van der Waals surface area contributed by atoms with E-state index in [1.807, 2.05) is 17.6 Å². The highest BCUT2D eigenvalue weighted by Crippen LogP contribution is 2.13. The number of hydrogen-bond acceptors (Lipinski definition) is 4. The molecule has 0 saturated heterocycles. The van der Waals surface area contributed by atoms with Crippen molar-refractivity contribution in [2.45, 2.75) is 6.42 Å². The summed E-state index contributed by atoms with van der Waals surface area (Å²) in [5.41, 5.74) is 2.74. The molecule has 0 radical (unpaired) electrons. The summed E-state index contributed by atoms with van der Waals surface area (Å²) in [6, 6.07) is 6.72. The predicted octanol–water partition coefficient (Wildman–Crippen LogP) is 3.03. The van der Waals surface area contributed by atoms with E-state index < -0.39 is 0 Å². The van der Waals surface area contributed by atoms with Gasteiger partial charge in [0, 0.05) is 17.1 Å². The molecular weight excluding hydrogens is 290 g/mol. The summed E-state index contributed by atoms with van der Waals surface area (Å²) in [4.78, 5) is 4.24. The fourth-order valence-electron chi connectivity index (χ4n) is 2.01. The number of halogens is 1. The van der Waals surface area contributed by atoms with Crippen LogP contribution in [0.5, 0.6) is 0 Å². The summed E-state index contributed by atoms with van der Waals surface area (Å²) in [7, 11) is 0. The normalized spacial score (nSPS) is 15.7. The summed E-state index contributed by atoms with van der Waals surface area (Å²) in [5.74, 6) is 0.476. The molecule has 110 valence electrons. The Morgan fingerprint density at radius 2 is 1.86 bits per heavy atom. The fraction of sp³-hybridized carbons (Fsp3) is 0.200. The summed E-state index contributed by atoms with van der Waals surface area (Å²) < 4.78 is 0. The topological polar surface area (TPSA) is 77.2 Å². The first kappa shape index (κ1) is 15.3. The van der Waals surface area contributed by atoms with Crippen LogP contribution in [-0.4, -0.2) is 28.5 Å². The van der Waals surface area contributed by atoms with Gasteiger partial charge in [-0.25, -0.2) is 0 Å². The Balaban J connectivity index is 2.08. The molecule has 3 N–H and O–H groups in total. The maximum atomic E-state index is 9.21. The molecule has 1 aromatic rings. The molecule has 0 amide bonds. The number of allylic oxidation sites excluding steroid dienone is 4. The number of nitrogens with one attached hydrogen (secondary N) is 1. The Morgan fingerprint density at radius 1 is 1.19 bits per heavy atom. The van der Waals surface area contributed by atoms with E-state index in [0.717, 1.165) is 6.42 Å². The Labute approximate surface area is 127 Å². The molecule has 0 bridgehead atoms. The van der Waals surface area contributed by atoms with Crippen LogP contribution >= 0.6 is 11.6 Å². The van der Waals surface area contributed by atoms with Crippen LogP contribution in [0.15, 0.2) is 58.7 Å². The molecule has 0 aliphatic heterocycles. The van der Waals surface area contributed by atoms with Gasteiger partial charge in [-0.05, 0) is 24.5 Å². The molecule has 1 aliphatic rings. The molecule has 0 saturated carbocycles. The smallest absolute Gasteiger partial charge is 0.175 e. The van der Waals surface area contributed by atoms with E-state index in [-0.39, 0.29) is 11.5 Å². The number of benzene rings is 1. The summed E-state index contributed by atoms with van der Waals surface area (Å²) >= 11 is 5.82. The van der Waals surface area contributed by atoms with Gasteiger partial charge >= 0.3 is 0 Å². The number of amidine groups is 1. The molecule has 0 heterocycles. The van der Waals surface area contributed by atoms with Gasteiger partial charge in [0.05, 0.1) is 0 Å². The average Bonchev–Trinajstić information content (AvgIpc) is 3.01. The average molecular weight is 306 g/mol. The Kier molecular flexibility index (Phi) is 5.54. The van der Waals surface area contributed by atoms with Crippen molar-refractivity contribution in [3.63, 3.8) is 0 Å². The Hall–Kier alpha value is -2.11. The van der Waals surface area contributed by atoms with E-state index in [2.05, 4.69) is 22.3 Å². The maximum absolute atomic E-state index is 9.21. The number of rotatable bonds is 5. The van der Waals surface area contributed by atoms with Gasteiger partial charge in [-0.15, -0.1) is 0 Å². The molecule has 2 rings (SSSR count). The second-order valence-electron chi connectivity index (χ2n) is 4.52. The number of oxime groups is 1. The van der Waals surface area contributed by atoms with Crippen molar-refractivity contribution in [2.24, 2.45) is 16.1 Å². The van der Waals surface area contributed by atoms with Crippen molar-refractivity contribution >= 4 is 23.1 Å². The lowest BCUT2D eigenvalue weighted by Gasteiger charge is -2.08. The second-order valence-corrected chi connectivity index (χ2v) is 4.96. The monoisotopic (exact) mass is 305 g/mol. The number of hydrogen-bond donors (Lipinski definition) is 3. The molecule has 1 aliphatic carbocycles. The van der Waals surface area contributed by atoms with Crippen molar-refractivity contribution in [1.29, 1.82) is 0 Å². The zero-order valence-electron chi connectivity index (χ0n) is 11.3. The summed E-state index contributed by atoms with van der Waals surface area (Å²) in [6.07, 6.45) is 8.98. The Bertz CT molecular complexity index is 579. The summed E-state index contributed by atoms with van der Waals surface area (Å²) in [6.45, 7) is 0.495. The van der Waals surface area contributed by atoms with Crippen molar-refractivity contribution in [3.05, 3.63) is 59.2 Å². The van der Waals surface area contributed by atoms with Gasteiger partial charge in [-0.3, -0.25) is 15.7 Å². The van der Waals surface area contributed by atoms with Gasteiger partial charge in [0.25, 0.3) is 0 Å². The van der Waals surface area contributed by atoms with Crippen LogP contribution in [0.1, 0.15) is 12.0 Å². The Morgan fingerprint density at radius 3 is 2.43 bits per heavy atom. The first-order valence-corrected chi connectivity index (χ1v) is 6.90. The van der Waals surface area contributed by atoms with Crippen molar-refractivity contribution in [2.75, 3.05) is 6.54 Å². The van der Waals surface area contributed by atoms with E-state index in [9.17, 15) is 5.21 Å². The number of aliphatic imine (C=N–C) groups is 1. The standard InChI is InChI=1S/C15H16ClN3O2/c16-13-7-5-12(6-8-13)14(18-20)15(19-21)17-10-9-11-3-1-2-4-11/h1-8,11,20-21H,9-10H2,(H,17,19)/b18-14+. The minimum absolute atomic E-state index is 0.116. The minimum Gasteiger partial charge on any atom is -0.410 e. The van der Waals surface area contributed by atoms with Crippen LogP contribution < -0.4 is 5.48 Å². The van der Waals surface area contributed by atoms with E-state index in [1.165, 1.54) is 0 Å². The van der Waals surface area contributed by atoms with Gasteiger partial charge in [0.15, 0.2) is 11.5 Å². The van der Waals surface area contributed by atoms with Crippen LogP contribution in [0.2, 0.25) is 5.02 Å². The van der Waals surface area contributed by atoms with E-state index in [4.69, 9.17) is 16.8 Å². The largest absolute Gasteiger partial charge is 0.410 e. The third kappa shape index (κ3) is 4.18. The molecule has 21 heavy (non-hydrogen) atoms. The maximum Gasteiger partial charge on any atom is 0.175 e. The van der Waals surface area contributed by atoms with Gasteiger partial charge in [0.1, 0.15) is 0 Å². The zero-order chi connectivity index (χ0) is 15.1. The zero-order valence-corrected chi connectivity index (χ0v) is 12.0. The van der Waals surface area contributed by atoms with Crippen molar-refractivity contribution in [1.82, 2.24) is 5.48 Å². The van der Waals surface area contributed by atoms with Crippen molar-refractivity contribution < 1.29 is 10.4 Å². The first-order chi connectivity index (χ1) is 10.2. The fourth-order valence-corrected chi connectivity index (χ4v) is 2.13. The molecule has 0 aromatic heterocycles. The molecule has 1 aromatic carbocycles. The van der Waals surface area contributed by atoms with Gasteiger partial charge in [0.2, 0.25) is 0 Å². The van der Waals surface area contributed by atoms with Crippen molar-refractivity contribution in [3.8, 4) is 0 Å². The molecule has 5 nitrogen and oxygen atoms in total. The molecule has 0 unspecified atom stereocenters. The second kappa shape index (κ2) is 7.61. The van der Waals surface area contributed by atoms with Crippen LogP contribution in [0.3, 0.4) is 0 Å². The van der Waals surface area contributed by atoms with E-state index in [1.54, 1.807) is 24.3 Å². The SMILES string of the molecule is O/N=C(/C(=NCCC1C=CC=C1)NO)c1ccc(Cl)cc1. The minimum atomic E-state index is 0.116. The van der Waals surface area contributed by atoms with Crippen LogP contribution in [0.25, 0.3) is 0 Å². The van der Waals surface area contributed by atoms with Crippen LogP contribution in [0, 0.1) is 5.92 Å². The number of nitrogens with zero attached hydrogens (tertiary/aromatic N) is 2. The highest BCUT2D eigenvalue weighted by Gasteiger charge is 2.12. The molecule has 6 heteroatoms. The molecule has 0 atom stereocenters. The third-order valence-corrected chi connectivity index (χ3v) is 3.36. The van der Waals surface area contributed by atoms with Crippen LogP contribution in [0.4, 0.5) is 0 Å². The van der Waals surface area contributed by atoms with Crippen LogP contribution in [-0.2, 0) is 0 Å². The van der Waals surface area contributed by atoms with Gasteiger partial charge in [-0.1, -0.05) is 53.2 Å². The lowest BCUT2D eigenvalue weighted by Crippen LogP contribution is -2.30. The third-order valence-electron chi connectivity index (χ3n) is 3.11. The molecular formula is C15H16ClN3O2.